The summed E-state index contributed by atoms with van der Waals surface area (Å²) in [6.45, 7) is 0. The second-order valence-corrected chi connectivity index (χ2v) is 6.92. The van der Waals surface area contributed by atoms with Gasteiger partial charge in [0.2, 0.25) is 5.88 Å². The van der Waals surface area contributed by atoms with Crippen molar-refractivity contribution in [1.29, 1.82) is 0 Å². The maximum atomic E-state index is 13.5. The predicted octanol–water partition coefficient (Wildman–Crippen LogP) is 5.37. The van der Waals surface area contributed by atoms with E-state index in [1.54, 1.807) is 18.3 Å². The molecule has 0 saturated heterocycles. The van der Waals surface area contributed by atoms with Crippen molar-refractivity contribution in [2.75, 3.05) is 0 Å². The number of aromatic hydroxyl groups is 1. The largest absolute Gasteiger partial charge is 0.493 e. The standard InChI is InChI=1S/C18H11FN2OS2/c19-12-4-3-5-13(9-12)21-17(22)16(24-18(21)23)8-11-10-20-15-7-2-1-6-14(11)15/h1-10,22H/b11-8-. The van der Waals surface area contributed by atoms with Gasteiger partial charge in [-0.15, -0.1) is 11.3 Å². The Morgan fingerprint density at radius 2 is 2.00 bits per heavy atom. The van der Waals surface area contributed by atoms with Crippen molar-refractivity contribution in [3.05, 3.63) is 68.7 Å². The summed E-state index contributed by atoms with van der Waals surface area (Å²) < 4.78 is 15.4. The zero-order valence-electron chi connectivity index (χ0n) is 12.3. The quantitative estimate of drug-likeness (QED) is 0.628. The van der Waals surface area contributed by atoms with Crippen LogP contribution in [0.25, 0.3) is 17.3 Å². The molecule has 1 aliphatic rings. The topological polar surface area (TPSA) is 37.5 Å². The molecule has 0 fully saturated rings. The van der Waals surface area contributed by atoms with Crippen LogP contribution < -0.4 is 0 Å². The van der Waals surface area contributed by atoms with Gasteiger partial charge < -0.3 is 5.11 Å². The number of rotatable bonds is 2. The Kier molecular flexibility index (Phi) is 3.63. The van der Waals surface area contributed by atoms with Gasteiger partial charge in [-0.05, 0) is 42.6 Å². The molecule has 0 unspecified atom stereocenters. The second-order valence-electron chi connectivity index (χ2n) is 5.25. The summed E-state index contributed by atoms with van der Waals surface area (Å²) in [6.07, 6.45) is 3.61. The smallest absolute Gasteiger partial charge is 0.215 e. The molecule has 0 amide bonds. The number of benzene rings is 2. The molecule has 3 aromatic rings. The third-order valence-electron chi connectivity index (χ3n) is 3.72. The first-order chi connectivity index (χ1) is 11.6. The van der Waals surface area contributed by atoms with Gasteiger partial charge in [0, 0.05) is 17.4 Å². The van der Waals surface area contributed by atoms with Crippen LogP contribution in [0.2, 0.25) is 0 Å². The third kappa shape index (κ3) is 2.50. The van der Waals surface area contributed by atoms with Crippen LogP contribution in [0.15, 0.2) is 53.5 Å². The lowest BCUT2D eigenvalue weighted by Gasteiger charge is -2.04. The van der Waals surface area contributed by atoms with Crippen LogP contribution in [0.4, 0.5) is 10.1 Å². The van der Waals surface area contributed by atoms with Crippen molar-refractivity contribution in [3.8, 4) is 11.6 Å². The van der Waals surface area contributed by atoms with Gasteiger partial charge in [0.15, 0.2) is 3.95 Å². The molecule has 3 nitrogen and oxygen atoms in total. The van der Waals surface area contributed by atoms with Crippen molar-refractivity contribution < 1.29 is 9.50 Å². The summed E-state index contributed by atoms with van der Waals surface area (Å²) in [5, 5.41) is 10.6. The Morgan fingerprint density at radius 1 is 1.17 bits per heavy atom. The molecule has 0 radical (unpaired) electrons. The summed E-state index contributed by atoms with van der Waals surface area (Å²) in [5.74, 6) is -0.377. The molecule has 2 aromatic carbocycles. The van der Waals surface area contributed by atoms with E-state index in [2.05, 4.69) is 4.99 Å². The number of para-hydroxylation sites is 1. The Hall–Kier alpha value is -2.57. The maximum absolute atomic E-state index is 13.5. The number of hydrogen-bond donors (Lipinski definition) is 1. The lowest BCUT2D eigenvalue weighted by molar-refractivity contribution is 0.441. The molecule has 1 aromatic heterocycles. The molecule has 2 heterocycles. The Labute approximate surface area is 146 Å². The molecule has 24 heavy (non-hydrogen) atoms. The van der Waals surface area contributed by atoms with E-state index in [9.17, 15) is 9.50 Å². The molecule has 0 bridgehead atoms. The van der Waals surface area contributed by atoms with Crippen molar-refractivity contribution in [2.45, 2.75) is 0 Å². The van der Waals surface area contributed by atoms with Gasteiger partial charge in [0.25, 0.3) is 0 Å². The van der Waals surface area contributed by atoms with E-state index < -0.39 is 0 Å². The van der Waals surface area contributed by atoms with Gasteiger partial charge in [0.1, 0.15) is 5.82 Å². The highest BCUT2D eigenvalue weighted by atomic mass is 32.1. The Morgan fingerprint density at radius 3 is 2.83 bits per heavy atom. The number of thiazole rings is 1. The Balaban J connectivity index is 1.83. The average Bonchev–Trinajstić information content (AvgIpc) is 3.09. The predicted molar refractivity (Wildman–Crippen MR) is 98.6 cm³/mol. The average molecular weight is 354 g/mol. The molecule has 0 aliphatic carbocycles. The van der Waals surface area contributed by atoms with Gasteiger partial charge in [-0.3, -0.25) is 9.56 Å². The number of allylic oxidation sites excluding steroid dienone is 1. The van der Waals surface area contributed by atoms with Crippen LogP contribution >= 0.6 is 23.6 Å². The molecule has 0 saturated carbocycles. The molecule has 4 rings (SSSR count). The Bertz CT molecular complexity index is 1060. The van der Waals surface area contributed by atoms with Crippen LogP contribution in [0.5, 0.6) is 5.88 Å². The number of halogens is 1. The van der Waals surface area contributed by atoms with Crippen LogP contribution in [0.3, 0.4) is 0 Å². The molecular formula is C18H11FN2OS2. The van der Waals surface area contributed by atoms with E-state index in [4.69, 9.17) is 12.2 Å². The molecule has 0 atom stereocenters. The minimum atomic E-state index is -0.378. The van der Waals surface area contributed by atoms with E-state index in [0.29, 0.717) is 14.5 Å². The molecule has 1 N–H and O–H groups in total. The first-order valence-corrected chi connectivity index (χ1v) is 8.42. The van der Waals surface area contributed by atoms with Crippen molar-refractivity contribution in [1.82, 2.24) is 4.57 Å². The van der Waals surface area contributed by atoms with Crippen LogP contribution in [0.1, 0.15) is 10.4 Å². The minimum absolute atomic E-state index is 0.000816. The monoisotopic (exact) mass is 354 g/mol. The second kappa shape index (κ2) is 5.81. The summed E-state index contributed by atoms with van der Waals surface area (Å²) in [7, 11) is 0. The van der Waals surface area contributed by atoms with Gasteiger partial charge in [-0.1, -0.05) is 24.3 Å². The number of nitrogens with zero attached hydrogens (tertiary/aromatic N) is 2. The first-order valence-electron chi connectivity index (χ1n) is 7.19. The van der Waals surface area contributed by atoms with Crippen LogP contribution in [-0.2, 0) is 0 Å². The summed E-state index contributed by atoms with van der Waals surface area (Å²) in [6, 6.07) is 13.8. The molecular weight excluding hydrogens is 343 g/mol. The van der Waals surface area contributed by atoms with E-state index in [0.717, 1.165) is 16.8 Å². The van der Waals surface area contributed by atoms with Crippen molar-refractivity contribution in [3.63, 3.8) is 0 Å². The molecule has 1 aliphatic heterocycles. The highest BCUT2D eigenvalue weighted by Crippen LogP contribution is 2.36. The van der Waals surface area contributed by atoms with Gasteiger partial charge in [0.05, 0.1) is 16.3 Å². The van der Waals surface area contributed by atoms with Crippen LogP contribution in [0, 0.1) is 9.77 Å². The number of fused-ring (bicyclic) bond motifs is 1. The minimum Gasteiger partial charge on any atom is -0.493 e. The summed E-state index contributed by atoms with van der Waals surface area (Å²) >= 11 is 6.61. The SMILES string of the molecule is Oc1c(/C=C2/C=Nc3ccccc32)sc(=S)n1-c1cccc(F)c1. The fraction of sp³-hybridized carbons (Fsp3) is 0. The fourth-order valence-corrected chi connectivity index (χ4v) is 3.92. The molecule has 6 heteroatoms. The highest BCUT2D eigenvalue weighted by Gasteiger charge is 2.16. The number of aromatic nitrogens is 1. The van der Waals surface area contributed by atoms with Gasteiger partial charge >= 0.3 is 0 Å². The molecule has 0 spiro atoms. The van der Waals surface area contributed by atoms with Gasteiger partial charge in [-0.25, -0.2) is 4.39 Å². The van der Waals surface area contributed by atoms with Crippen molar-refractivity contribution >= 4 is 47.1 Å². The highest BCUT2D eigenvalue weighted by molar-refractivity contribution is 7.73. The maximum Gasteiger partial charge on any atom is 0.215 e. The first kappa shape index (κ1) is 15.0. The van der Waals surface area contributed by atoms with E-state index in [1.165, 1.54) is 28.0 Å². The zero-order valence-corrected chi connectivity index (χ0v) is 13.9. The summed E-state index contributed by atoms with van der Waals surface area (Å²) in [5.41, 5.74) is 3.31. The van der Waals surface area contributed by atoms with E-state index in [1.807, 2.05) is 30.3 Å². The third-order valence-corrected chi connectivity index (χ3v) is 5.03. The van der Waals surface area contributed by atoms with E-state index in [-0.39, 0.29) is 11.7 Å². The lowest BCUT2D eigenvalue weighted by Crippen LogP contribution is -1.93. The summed E-state index contributed by atoms with van der Waals surface area (Å²) in [4.78, 5) is 4.97. The zero-order chi connectivity index (χ0) is 16.7. The fourth-order valence-electron chi connectivity index (χ4n) is 2.61. The number of hydrogen-bond acceptors (Lipinski definition) is 4. The lowest BCUT2D eigenvalue weighted by atomic mass is 10.1. The van der Waals surface area contributed by atoms with Crippen LogP contribution in [-0.4, -0.2) is 15.9 Å². The number of aliphatic imine (C=N–C) groups is 1. The molecule has 118 valence electrons. The van der Waals surface area contributed by atoms with Gasteiger partial charge in [-0.2, -0.15) is 0 Å². The normalized spacial score (nSPS) is 14.3. The van der Waals surface area contributed by atoms with Crippen molar-refractivity contribution in [2.24, 2.45) is 4.99 Å². The van der Waals surface area contributed by atoms with E-state index >= 15 is 0 Å².